The molecule has 2 amide bonds. The fraction of sp³-hybridized carbons (Fsp3) is 0.238. The van der Waals surface area contributed by atoms with Gasteiger partial charge >= 0.3 is 6.03 Å². The lowest BCUT2D eigenvalue weighted by Gasteiger charge is -2.35. The second kappa shape index (κ2) is 7.86. The number of nitrogens with zero attached hydrogens (tertiary/aromatic N) is 5. The average molecular weight is 428 g/mol. The van der Waals surface area contributed by atoms with Crippen molar-refractivity contribution in [2.24, 2.45) is 15.0 Å². The van der Waals surface area contributed by atoms with E-state index in [4.69, 9.17) is 0 Å². The first-order valence-corrected chi connectivity index (χ1v) is 9.44. The topological polar surface area (TPSA) is 72.7 Å². The molecule has 0 saturated carbocycles. The van der Waals surface area contributed by atoms with Crippen LogP contribution in [0.4, 0.5) is 23.7 Å². The number of amides is 2. The Bertz CT molecular complexity index is 1140. The number of halogens is 3. The van der Waals surface area contributed by atoms with Gasteiger partial charge in [-0.3, -0.25) is 14.8 Å². The van der Waals surface area contributed by atoms with Gasteiger partial charge in [-0.1, -0.05) is 12.1 Å². The van der Waals surface area contributed by atoms with Crippen LogP contribution in [0.15, 0.2) is 45.3 Å². The number of carbonyl (C=O) groups is 1. The second-order valence-electron chi connectivity index (χ2n) is 7.19. The molecule has 0 bridgehead atoms. The Kier molecular flexibility index (Phi) is 5.22. The van der Waals surface area contributed by atoms with Gasteiger partial charge in [-0.05, 0) is 41.8 Å². The molecule has 4 rings (SSSR count). The van der Waals surface area contributed by atoms with Crippen molar-refractivity contribution in [2.45, 2.75) is 13.0 Å². The van der Waals surface area contributed by atoms with E-state index in [2.05, 4.69) is 20.3 Å². The number of guanidine groups is 2. The minimum atomic E-state index is -1.54. The smallest absolute Gasteiger partial charge is 0.325 e. The summed E-state index contributed by atoms with van der Waals surface area (Å²) in [6, 6.07) is 6.26. The molecular formula is C21H19F3N6O. The molecule has 2 aromatic rings. The zero-order valence-electron chi connectivity index (χ0n) is 17.0. The fourth-order valence-electron chi connectivity index (χ4n) is 3.51. The van der Waals surface area contributed by atoms with Gasteiger partial charge in [-0.25, -0.2) is 23.0 Å². The maximum Gasteiger partial charge on any atom is 0.353 e. The molecule has 0 spiro atoms. The van der Waals surface area contributed by atoms with E-state index in [9.17, 15) is 18.0 Å². The highest BCUT2D eigenvalue weighted by Crippen LogP contribution is 2.32. The van der Waals surface area contributed by atoms with Crippen LogP contribution in [0.3, 0.4) is 0 Å². The third-order valence-electron chi connectivity index (χ3n) is 5.13. The van der Waals surface area contributed by atoms with Crippen LogP contribution in [0.1, 0.15) is 22.7 Å². The highest BCUT2D eigenvalue weighted by molar-refractivity contribution is 6.17. The summed E-state index contributed by atoms with van der Waals surface area (Å²) in [6.07, 6.45) is 1.68. The molecule has 2 aromatic carbocycles. The van der Waals surface area contributed by atoms with Gasteiger partial charge in [0.25, 0.3) is 0 Å². The first-order valence-electron chi connectivity index (χ1n) is 9.44. The van der Waals surface area contributed by atoms with Gasteiger partial charge in [0.2, 0.25) is 11.9 Å². The Morgan fingerprint density at radius 1 is 1.19 bits per heavy atom. The molecule has 7 nitrogen and oxygen atoms in total. The van der Waals surface area contributed by atoms with Gasteiger partial charge < -0.3 is 5.32 Å². The predicted molar refractivity (Wildman–Crippen MR) is 112 cm³/mol. The number of hydrogen-bond donors (Lipinski definition) is 1. The molecule has 1 atom stereocenters. The van der Waals surface area contributed by atoms with Crippen LogP contribution in [0.5, 0.6) is 0 Å². The van der Waals surface area contributed by atoms with Crippen molar-refractivity contribution in [3.05, 3.63) is 64.5 Å². The SMILES string of the molecule is C/N=C/c1ccc(C)c(NC2=NC(=O)N(C)C3=NCC(c4cc(F)c(F)c(F)c4)N23)c1. The Labute approximate surface area is 176 Å². The van der Waals surface area contributed by atoms with Crippen molar-refractivity contribution in [2.75, 3.05) is 26.0 Å². The largest absolute Gasteiger partial charge is 0.353 e. The highest BCUT2D eigenvalue weighted by atomic mass is 19.2. The summed E-state index contributed by atoms with van der Waals surface area (Å²) in [5, 5.41) is 3.14. The summed E-state index contributed by atoms with van der Waals surface area (Å²) >= 11 is 0. The minimum absolute atomic E-state index is 0.111. The zero-order valence-corrected chi connectivity index (χ0v) is 17.0. The van der Waals surface area contributed by atoms with E-state index in [0.717, 1.165) is 23.3 Å². The molecule has 2 aliphatic heterocycles. The van der Waals surface area contributed by atoms with Crippen molar-refractivity contribution >= 4 is 29.9 Å². The summed E-state index contributed by atoms with van der Waals surface area (Å²) in [7, 11) is 3.16. The first-order chi connectivity index (χ1) is 14.8. The number of anilines is 1. The number of aliphatic imine (C=N–C) groups is 3. The maximum absolute atomic E-state index is 13.9. The van der Waals surface area contributed by atoms with E-state index in [-0.39, 0.29) is 24.0 Å². The van der Waals surface area contributed by atoms with Gasteiger partial charge in [0.15, 0.2) is 17.5 Å². The number of urea groups is 1. The summed E-state index contributed by atoms with van der Waals surface area (Å²) in [6.45, 7) is 1.99. The third-order valence-corrected chi connectivity index (χ3v) is 5.13. The average Bonchev–Trinajstić information content (AvgIpc) is 3.18. The number of fused-ring (bicyclic) bond motifs is 1. The third kappa shape index (κ3) is 3.65. The lowest BCUT2D eigenvalue weighted by Crippen LogP contribution is -2.53. The number of rotatable bonds is 3. The molecule has 31 heavy (non-hydrogen) atoms. The van der Waals surface area contributed by atoms with Crippen LogP contribution in [-0.4, -0.2) is 54.6 Å². The molecule has 2 heterocycles. The molecule has 0 radical (unpaired) electrons. The van der Waals surface area contributed by atoms with E-state index in [1.54, 1.807) is 18.2 Å². The number of aryl methyl sites for hydroxylation is 1. The fourth-order valence-corrected chi connectivity index (χ4v) is 3.51. The summed E-state index contributed by atoms with van der Waals surface area (Å²) in [5.41, 5.74) is 2.58. The van der Waals surface area contributed by atoms with E-state index < -0.39 is 29.5 Å². The van der Waals surface area contributed by atoms with E-state index >= 15 is 0 Å². The van der Waals surface area contributed by atoms with Crippen LogP contribution in [0.2, 0.25) is 0 Å². The molecule has 0 fully saturated rings. The molecule has 2 aliphatic rings. The van der Waals surface area contributed by atoms with Crippen molar-refractivity contribution in [1.29, 1.82) is 0 Å². The molecule has 1 N–H and O–H groups in total. The van der Waals surface area contributed by atoms with Crippen molar-refractivity contribution in [3.8, 4) is 0 Å². The van der Waals surface area contributed by atoms with Gasteiger partial charge in [0, 0.05) is 26.0 Å². The normalized spacial score (nSPS) is 18.4. The maximum atomic E-state index is 13.9. The molecule has 160 valence electrons. The summed E-state index contributed by atoms with van der Waals surface area (Å²) in [4.78, 5) is 27.7. The van der Waals surface area contributed by atoms with Crippen LogP contribution in [-0.2, 0) is 0 Å². The number of benzene rings is 2. The number of nitrogens with one attached hydrogen (secondary N) is 1. The van der Waals surface area contributed by atoms with Crippen molar-refractivity contribution in [3.63, 3.8) is 0 Å². The summed E-state index contributed by atoms with van der Waals surface area (Å²) in [5.74, 6) is -3.69. The lowest BCUT2D eigenvalue weighted by molar-refractivity contribution is 0.230. The van der Waals surface area contributed by atoms with E-state index in [0.29, 0.717) is 5.69 Å². The van der Waals surface area contributed by atoms with Crippen molar-refractivity contribution in [1.82, 2.24) is 9.80 Å². The Hall–Kier alpha value is -3.69. The van der Waals surface area contributed by atoms with Crippen LogP contribution < -0.4 is 5.32 Å². The van der Waals surface area contributed by atoms with Gasteiger partial charge in [0.1, 0.15) is 0 Å². The predicted octanol–water partition coefficient (Wildman–Crippen LogP) is 3.71. The minimum Gasteiger partial charge on any atom is -0.325 e. The quantitative estimate of drug-likeness (QED) is 0.599. The molecule has 0 aliphatic carbocycles. The van der Waals surface area contributed by atoms with Crippen LogP contribution >= 0.6 is 0 Å². The molecule has 1 unspecified atom stereocenters. The van der Waals surface area contributed by atoms with Crippen LogP contribution in [0, 0.1) is 24.4 Å². The van der Waals surface area contributed by atoms with Gasteiger partial charge in [0.05, 0.1) is 12.6 Å². The lowest BCUT2D eigenvalue weighted by atomic mass is 10.1. The first kappa shape index (κ1) is 20.6. The van der Waals surface area contributed by atoms with Crippen molar-refractivity contribution < 1.29 is 18.0 Å². The highest BCUT2D eigenvalue weighted by Gasteiger charge is 2.40. The molecular weight excluding hydrogens is 409 g/mol. The Morgan fingerprint density at radius 3 is 2.58 bits per heavy atom. The van der Waals surface area contributed by atoms with Gasteiger partial charge in [-0.15, -0.1) is 0 Å². The number of carbonyl (C=O) groups excluding carboxylic acids is 1. The van der Waals surface area contributed by atoms with Gasteiger partial charge in [-0.2, -0.15) is 4.99 Å². The monoisotopic (exact) mass is 428 g/mol. The standard InChI is InChI=1S/C21H19F3N6O/c1-11-4-5-12(9-25-2)6-16(11)27-19-28-21(31)29(3)20-26-10-17(30(19)20)13-7-14(22)18(24)15(23)8-13/h4-9,17H,10H2,1-3H3,(H,27,28,31)/b25-9+. The Balaban J connectivity index is 1.75. The molecule has 0 aromatic heterocycles. The second-order valence-corrected chi connectivity index (χ2v) is 7.19. The van der Waals surface area contributed by atoms with Crippen LogP contribution in [0.25, 0.3) is 0 Å². The zero-order chi connectivity index (χ0) is 22.3. The molecule has 10 heteroatoms. The number of hydrogen-bond acceptors (Lipinski definition) is 5. The molecule has 0 saturated heterocycles. The van der Waals surface area contributed by atoms with E-state index in [1.165, 1.54) is 11.9 Å². The van der Waals surface area contributed by atoms with E-state index in [1.807, 2.05) is 25.1 Å². The Morgan fingerprint density at radius 2 is 1.90 bits per heavy atom. The summed E-state index contributed by atoms with van der Waals surface area (Å²) < 4.78 is 41.2.